The maximum atomic E-state index is 12.0. The van der Waals surface area contributed by atoms with E-state index < -0.39 is 0 Å². The van der Waals surface area contributed by atoms with E-state index in [2.05, 4.69) is 6.92 Å². The molecule has 0 aliphatic carbocycles. The number of nitrogens with zero attached hydrogens (tertiary/aromatic N) is 1. The summed E-state index contributed by atoms with van der Waals surface area (Å²) in [6.07, 6.45) is 0.927. The number of aryl methyl sites for hydroxylation is 2. The van der Waals surface area contributed by atoms with Gasteiger partial charge in [0.15, 0.2) is 0 Å². The second-order valence-corrected chi connectivity index (χ2v) is 4.17. The highest BCUT2D eigenvalue weighted by Gasteiger charge is 2.10. The molecule has 90 valence electrons. The van der Waals surface area contributed by atoms with Gasteiger partial charge in [0.1, 0.15) is 5.75 Å². The smallest absolute Gasteiger partial charge is 0.251 e. The van der Waals surface area contributed by atoms with Crippen molar-refractivity contribution < 1.29 is 4.74 Å². The summed E-state index contributed by atoms with van der Waals surface area (Å²) in [7, 11) is 1.64. The quantitative estimate of drug-likeness (QED) is 0.813. The topological polar surface area (TPSA) is 31.2 Å². The van der Waals surface area contributed by atoms with E-state index in [1.165, 1.54) is 0 Å². The minimum absolute atomic E-state index is 0.0429. The van der Waals surface area contributed by atoms with Gasteiger partial charge in [0, 0.05) is 18.0 Å². The summed E-state index contributed by atoms with van der Waals surface area (Å²) in [5.74, 6) is 0.761. The fourth-order valence-electron chi connectivity index (χ4n) is 2.18. The van der Waals surface area contributed by atoms with E-state index >= 15 is 0 Å². The van der Waals surface area contributed by atoms with E-state index in [4.69, 9.17) is 4.74 Å². The normalized spacial score (nSPS) is 10.8. The molecule has 1 aromatic heterocycles. The summed E-state index contributed by atoms with van der Waals surface area (Å²) in [4.78, 5) is 12.0. The van der Waals surface area contributed by atoms with Crippen LogP contribution in [0.25, 0.3) is 10.9 Å². The second kappa shape index (κ2) is 4.62. The van der Waals surface area contributed by atoms with Crippen LogP contribution < -0.4 is 10.3 Å². The van der Waals surface area contributed by atoms with E-state index in [1.807, 2.05) is 25.1 Å². The molecule has 0 amide bonds. The van der Waals surface area contributed by atoms with E-state index in [-0.39, 0.29) is 5.56 Å². The Hall–Kier alpha value is -1.77. The maximum Gasteiger partial charge on any atom is 0.251 e. The van der Waals surface area contributed by atoms with E-state index in [1.54, 1.807) is 17.7 Å². The van der Waals surface area contributed by atoms with Gasteiger partial charge in [0.2, 0.25) is 0 Å². The molecule has 0 atom stereocenters. The molecule has 1 heterocycles. The summed E-state index contributed by atoms with van der Waals surface area (Å²) >= 11 is 0. The van der Waals surface area contributed by atoms with Crippen LogP contribution in [-0.4, -0.2) is 11.7 Å². The van der Waals surface area contributed by atoms with Gasteiger partial charge in [-0.2, -0.15) is 0 Å². The van der Waals surface area contributed by atoms with Crippen LogP contribution in [0.2, 0.25) is 0 Å². The van der Waals surface area contributed by atoms with Crippen molar-refractivity contribution in [2.45, 2.75) is 26.8 Å². The Morgan fingerprint density at radius 1 is 1.35 bits per heavy atom. The molecule has 3 heteroatoms. The first kappa shape index (κ1) is 11.7. The molecule has 1 aromatic carbocycles. The van der Waals surface area contributed by atoms with Crippen LogP contribution in [-0.2, 0) is 6.54 Å². The van der Waals surface area contributed by atoms with E-state index in [9.17, 15) is 4.79 Å². The van der Waals surface area contributed by atoms with Gasteiger partial charge in [-0.3, -0.25) is 4.79 Å². The molecule has 0 saturated carbocycles. The zero-order valence-electron chi connectivity index (χ0n) is 10.5. The molecule has 17 heavy (non-hydrogen) atoms. The number of hydrogen-bond acceptors (Lipinski definition) is 2. The average molecular weight is 231 g/mol. The van der Waals surface area contributed by atoms with Crippen molar-refractivity contribution >= 4 is 10.9 Å². The van der Waals surface area contributed by atoms with Gasteiger partial charge in [-0.05, 0) is 25.0 Å². The van der Waals surface area contributed by atoms with Crippen LogP contribution in [0.4, 0.5) is 0 Å². The lowest BCUT2D eigenvalue weighted by atomic mass is 10.1. The molecule has 0 N–H and O–H groups in total. The number of pyridine rings is 1. The third-order valence-corrected chi connectivity index (χ3v) is 2.97. The molecule has 0 spiro atoms. The van der Waals surface area contributed by atoms with Crippen LogP contribution in [0.5, 0.6) is 5.75 Å². The first-order chi connectivity index (χ1) is 8.19. The third-order valence-electron chi connectivity index (χ3n) is 2.97. The lowest BCUT2D eigenvalue weighted by molar-refractivity contribution is 0.416. The van der Waals surface area contributed by atoms with Gasteiger partial charge in [-0.15, -0.1) is 0 Å². The van der Waals surface area contributed by atoms with Gasteiger partial charge in [-0.25, -0.2) is 0 Å². The predicted molar refractivity (Wildman–Crippen MR) is 69.8 cm³/mol. The fourth-order valence-corrected chi connectivity index (χ4v) is 2.18. The monoisotopic (exact) mass is 231 g/mol. The SMILES string of the molecule is CCCn1c(=O)cc(C)c2cccc(OC)c21. The Bertz CT molecular complexity index is 599. The molecule has 2 rings (SSSR count). The van der Waals surface area contributed by atoms with Crippen molar-refractivity contribution in [2.75, 3.05) is 7.11 Å². The molecule has 0 unspecified atom stereocenters. The maximum absolute atomic E-state index is 12.0. The Kier molecular flexibility index (Phi) is 3.18. The minimum Gasteiger partial charge on any atom is -0.495 e. The summed E-state index contributed by atoms with van der Waals surface area (Å²) < 4.78 is 7.16. The predicted octanol–water partition coefficient (Wildman–Crippen LogP) is 2.73. The third kappa shape index (κ3) is 1.93. The molecule has 0 aliphatic heterocycles. The summed E-state index contributed by atoms with van der Waals surface area (Å²) in [5.41, 5.74) is 1.94. The molecule has 0 bridgehead atoms. The Morgan fingerprint density at radius 3 is 2.76 bits per heavy atom. The summed E-state index contributed by atoms with van der Waals surface area (Å²) in [6.45, 7) is 4.74. The Labute approximate surface area is 101 Å². The van der Waals surface area contributed by atoms with Crippen LogP contribution in [0, 0.1) is 6.92 Å². The average Bonchev–Trinajstić information content (AvgIpc) is 2.33. The van der Waals surface area contributed by atoms with Crippen LogP contribution >= 0.6 is 0 Å². The zero-order chi connectivity index (χ0) is 12.4. The summed E-state index contributed by atoms with van der Waals surface area (Å²) in [5, 5.41) is 1.08. The number of fused-ring (bicyclic) bond motifs is 1. The Morgan fingerprint density at radius 2 is 2.12 bits per heavy atom. The van der Waals surface area contributed by atoms with Crippen LogP contribution in [0.15, 0.2) is 29.1 Å². The molecule has 0 radical (unpaired) electrons. The lowest BCUT2D eigenvalue weighted by Gasteiger charge is -2.14. The van der Waals surface area contributed by atoms with Gasteiger partial charge in [0.05, 0.1) is 12.6 Å². The van der Waals surface area contributed by atoms with E-state index in [0.717, 1.165) is 35.2 Å². The van der Waals surface area contributed by atoms with Crippen molar-refractivity contribution in [1.29, 1.82) is 0 Å². The first-order valence-corrected chi connectivity index (χ1v) is 5.86. The van der Waals surface area contributed by atoms with E-state index in [0.29, 0.717) is 0 Å². The first-order valence-electron chi connectivity index (χ1n) is 5.86. The van der Waals surface area contributed by atoms with Crippen LogP contribution in [0.1, 0.15) is 18.9 Å². The van der Waals surface area contributed by atoms with Crippen molar-refractivity contribution in [2.24, 2.45) is 0 Å². The molecule has 3 nitrogen and oxygen atoms in total. The van der Waals surface area contributed by atoms with Crippen molar-refractivity contribution in [3.8, 4) is 5.75 Å². The van der Waals surface area contributed by atoms with Crippen molar-refractivity contribution in [1.82, 2.24) is 4.57 Å². The lowest BCUT2D eigenvalue weighted by Crippen LogP contribution is -2.20. The number of rotatable bonds is 3. The highest BCUT2D eigenvalue weighted by atomic mass is 16.5. The number of methoxy groups -OCH3 is 1. The highest BCUT2D eigenvalue weighted by molar-refractivity contribution is 5.87. The number of para-hydroxylation sites is 1. The van der Waals surface area contributed by atoms with Crippen molar-refractivity contribution in [3.63, 3.8) is 0 Å². The number of aromatic nitrogens is 1. The number of ether oxygens (including phenoxy) is 1. The standard InChI is InChI=1S/C14H17NO2/c1-4-8-15-13(16)9-10(2)11-6-5-7-12(17-3)14(11)15/h5-7,9H,4,8H2,1-3H3. The largest absolute Gasteiger partial charge is 0.495 e. The van der Waals surface area contributed by atoms with Gasteiger partial charge >= 0.3 is 0 Å². The molecule has 0 aliphatic rings. The molecular weight excluding hydrogens is 214 g/mol. The molecule has 2 aromatic rings. The number of hydrogen-bond donors (Lipinski definition) is 0. The Balaban J connectivity index is 2.91. The van der Waals surface area contributed by atoms with Crippen LogP contribution in [0.3, 0.4) is 0 Å². The molecular formula is C14H17NO2. The van der Waals surface area contributed by atoms with Gasteiger partial charge < -0.3 is 9.30 Å². The molecule has 0 saturated heterocycles. The molecule has 0 fully saturated rings. The minimum atomic E-state index is 0.0429. The fraction of sp³-hybridized carbons (Fsp3) is 0.357. The highest BCUT2D eigenvalue weighted by Crippen LogP contribution is 2.26. The number of benzene rings is 1. The van der Waals surface area contributed by atoms with Crippen molar-refractivity contribution in [3.05, 3.63) is 40.2 Å². The second-order valence-electron chi connectivity index (χ2n) is 4.17. The summed E-state index contributed by atoms with van der Waals surface area (Å²) in [6, 6.07) is 7.57. The zero-order valence-corrected chi connectivity index (χ0v) is 10.5. The van der Waals surface area contributed by atoms with Gasteiger partial charge in [0.25, 0.3) is 5.56 Å². The van der Waals surface area contributed by atoms with Gasteiger partial charge in [-0.1, -0.05) is 19.1 Å².